The Morgan fingerprint density at radius 1 is 1.02 bits per heavy atom. The van der Waals surface area contributed by atoms with Gasteiger partial charge in [0.25, 0.3) is 0 Å². The number of aliphatic hydroxyl groups excluding tert-OH is 1. The molecule has 4 heterocycles. The van der Waals surface area contributed by atoms with Gasteiger partial charge in [-0.2, -0.15) is 0 Å². The van der Waals surface area contributed by atoms with Crippen LogP contribution in [-0.4, -0.2) is 89.9 Å². The smallest absolute Gasteiger partial charge is 0.339 e. The largest absolute Gasteiger partial charge is 0.469 e. The van der Waals surface area contributed by atoms with Crippen LogP contribution in [0.3, 0.4) is 0 Å². The minimum atomic E-state index is -1.70. The lowest BCUT2D eigenvalue weighted by Gasteiger charge is -2.59. The van der Waals surface area contributed by atoms with E-state index in [2.05, 4.69) is 6.58 Å². The second-order valence-corrected chi connectivity index (χ2v) is 13.3. The van der Waals surface area contributed by atoms with Crippen molar-refractivity contribution in [3.05, 3.63) is 23.8 Å². The molecule has 0 aromatic heterocycles. The number of carbonyl (C=O) groups excluding carboxylic acids is 6. The standard InChI is InChI=1S/C31H38O14/c1-13-23(30(7)18(10-20(34)39-8)28(4,5)44-22(36)11-19(30)41-15(3)33)17(40-14(2)32)12-29(6)24(16-9-21(35)42-26(16)37)43-27(38)25-31(13,29)45-25/h9,17-19,23-26,37H,1,10-12H2,2-8H3/t17-,18-,19-,23+,24-,25+,26-,29-,30+,31+/m0/s1. The summed E-state index contributed by atoms with van der Waals surface area (Å²) in [7, 11) is 1.21. The van der Waals surface area contributed by atoms with Crippen LogP contribution in [0.2, 0.25) is 0 Å². The van der Waals surface area contributed by atoms with E-state index in [1.165, 1.54) is 21.0 Å². The molecule has 0 bridgehead atoms. The number of cyclic esters (lactones) is 3. The average Bonchev–Trinajstić information content (AvgIpc) is 3.61. The summed E-state index contributed by atoms with van der Waals surface area (Å²) in [5.74, 6) is -6.23. The van der Waals surface area contributed by atoms with E-state index in [1.54, 1.807) is 27.7 Å². The highest BCUT2D eigenvalue weighted by Crippen LogP contribution is 2.71. The lowest BCUT2D eigenvalue weighted by molar-refractivity contribution is -0.199. The summed E-state index contributed by atoms with van der Waals surface area (Å²) in [4.78, 5) is 76.6. The number of epoxide rings is 1. The van der Waals surface area contributed by atoms with Crippen molar-refractivity contribution in [3.8, 4) is 0 Å². The van der Waals surface area contributed by atoms with Crippen LogP contribution in [0.1, 0.15) is 60.8 Å². The van der Waals surface area contributed by atoms with Crippen LogP contribution in [0.4, 0.5) is 0 Å². The highest BCUT2D eigenvalue weighted by atomic mass is 16.7. The molecule has 5 rings (SSSR count). The summed E-state index contributed by atoms with van der Waals surface area (Å²) in [5.41, 5.74) is -5.27. The average molecular weight is 635 g/mol. The number of ether oxygens (including phenoxy) is 7. The minimum absolute atomic E-state index is 0.0147. The predicted molar refractivity (Wildman–Crippen MR) is 147 cm³/mol. The van der Waals surface area contributed by atoms with Gasteiger partial charge in [0.1, 0.15) is 29.5 Å². The molecule has 14 nitrogen and oxygen atoms in total. The Kier molecular flexibility index (Phi) is 7.72. The van der Waals surface area contributed by atoms with Crippen molar-refractivity contribution in [3.63, 3.8) is 0 Å². The van der Waals surface area contributed by atoms with E-state index in [0.717, 1.165) is 6.08 Å². The summed E-state index contributed by atoms with van der Waals surface area (Å²) in [6, 6.07) is 0. The number of methoxy groups -OCH3 is 1. The molecule has 1 aliphatic carbocycles. The SMILES string of the molecule is C=C1[C@@H]([C@@]2(C)[C@@H](OC(C)=O)CC(=O)OC(C)(C)[C@@H]2CC(=O)OC)[C@@H](OC(C)=O)C[C@@]2(C)[C@H](C3=CC(=O)O[C@@H]3O)OC(=O)[C@H]3O[C@]132. The molecule has 246 valence electrons. The van der Waals surface area contributed by atoms with Crippen LogP contribution < -0.4 is 0 Å². The van der Waals surface area contributed by atoms with E-state index in [-0.39, 0.29) is 24.0 Å². The number of carbonyl (C=O) groups is 6. The maximum atomic E-state index is 13.3. The summed E-state index contributed by atoms with van der Waals surface area (Å²) in [6.07, 6.45) is -6.10. The molecule has 0 aromatic carbocycles. The molecule has 1 saturated carbocycles. The van der Waals surface area contributed by atoms with Crippen LogP contribution in [0, 0.1) is 22.7 Å². The highest BCUT2D eigenvalue weighted by Gasteiger charge is 2.83. The van der Waals surface area contributed by atoms with E-state index in [1.807, 2.05) is 0 Å². The molecule has 3 saturated heterocycles. The van der Waals surface area contributed by atoms with Gasteiger partial charge in [0.15, 0.2) is 6.10 Å². The maximum absolute atomic E-state index is 13.3. The first-order chi connectivity index (χ1) is 20.8. The fourth-order valence-electron chi connectivity index (χ4n) is 8.58. The molecule has 0 amide bonds. The topological polar surface area (TPSA) is 191 Å². The van der Waals surface area contributed by atoms with Gasteiger partial charge in [0.2, 0.25) is 6.29 Å². The zero-order valence-electron chi connectivity index (χ0n) is 26.2. The summed E-state index contributed by atoms with van der Waals surface area (Å²) in [5, 5.41) is 10.6. The molecular weight excluding hydrogens is 596 g/mol. The molecule has 4 fully saturated rings. The van der Waals surface area contributed by atoms with Crippen LogP contribution >= 0.6 is 0 Å². The molecule has 45 heavy (non-hydrogen) atoms. The van der Waals surface area contributed by atoms with Gasteiger partial charge in [-0.05, 0) is 25.8 Å². The van der Waals surface area contributed by atoms with Crippen molar-refractivity contribution < 1.29 is 67.0 Å². The Morgan fingerprint density at radius 3 is 2.22 bits per heavy atom. The maximum Gasteiger partial charge on any atom is 0.339 e. The number of hydrogen-bond acceptors (Lipinski definition) is 14. The van der Waals surface area contributed by atoms with E-state index in [0.29, 0.717) is 0 Å². The van der Waals surface area contributed by atoms with E-state index in [9.17, 15) is 33.9 Å². The van der Waals surface area contributed by atoms with Crippen LogP contribution in [0.15, 0.2) is 23.8 Å². The van der Waals surface area contributed by atoms with Crippen molar-refractivity contribution in [2.24, 2.45) is 22.7 Å². The Labute approximate surface area is 259 Å². The fraction of sp³-hybridized carbons (Fsp3) is 0.677. The Balaban J connectivity index is 1.73. The van der Waals surface area contributed by atoms with E-state index < -0.39 is 107 Å². The summed E-state index contributed by atoms with van der Waals surface area (Å²) in [6.45, 7) is 13.4. The molecular formula is C31H38O14. The normalized spacial score (nSPS) is 41.6. The zero-order valence-corrected chi connectivity index (χ0v) is 26.2. The monoisotopic (exact) mass is 634 g/mol. The zero-order chi connectivity index (χ0) is 33.4. The molecule has 1 N–H and O–H groups in total. The second kappa shape index (κ2) is 10.6. The molecule has 1 spiro atoms. The highest BCUT2D eigenvalue weighted by molar-refractivity contribution is 5.88. The third-order valence-electron chi connectivity index (χ3n) is 10.3. The van der Waals surface area contributed by atoms with Crippen LogP contribution in [0.25, 0.3) is 0 Å². The van der Waals surface area contributed by atoms with Crippen LogP contribution in [-0.2, 0) is 61.9 Å². The molecule has 5 aliphatic rings. The molecule has 0 unspecified atom stereocenters. The Hall–Kier alpha value is -3.78. The minimum Gasteiger partial charge on any atom is -0.469 e. The Morgan fingerprint density at radius 2 is 1.67 bits per heavy atom. The summed E-state index contributed by atoms with van der Waals surface area (Å²) >= 11 is 0. The van der Waals surface area contributed by atoms with Crippen molar-refractivity contribution in [1.29, 1.82) is 0 Å². The molecule has 4 aliphatic heterocycles. The van der Waals surface area contributed by atoms with Gasteiger partial charge in [-0.25, -0.2) is 9.59 Å². The number of aliphatic hydroxyl groups is 1. The van der Waals surface area contributed by atoms with Gasteiger partial charge in [0.05, 0.1) is 20.0 Å². The van der Waals surface area contributed by atoms with Crippen molar-refractivity contribution >= 4 is 35.8 Å². The van der Waals surface area contributed by atoms with E-state index >= 15 is 0 Å². The van der Waals surface area contributed by atoms with Gasteiger partial charge in [-0.15, -0.1) is 0 Å². The van der Waals surface area contributed by atoms with Crippen molar-refractivity contribution in [2.75, 3.05) is 7.11 Å². The van der Waals surface area contributed by atoms with Gasteiger partial charge in [0, 0.05) is 48.2 Å². The molecule has 0 aromatic rings. The van der Waals surface area contributed by atoms with Crippen molar-refractivity contribution in [1.82, 2.24) is 0 Å². The van der Waals surface area contributed by atoms with Gasteiger partial charge < -0.3 is 38.3 Å². The molecule has 10 atom stereocenters. The number of hydrogen-bond donors (Lipinski definition) is 1. The fourth-order valence-corrected chi connectivity index (χ4v) is 8.58. The summed E-state index contributed by atoms with van der Waals surface area (Å²) < 4.78 is 39.4. The lowest BCUT2D eigenvalue weighted by Crippen LogP contribution is -2.66. The quantitative estimate of drug-likeness (QED) is 0.190. The second-order valence-electron chi connectivity index (χ2n) is 13.3. The van der Waals surface area contributed by atoms with Crippen LogP contribution in [0.5, 0.6) is 0 Å². The number of rotatable bonds is 6. The first-order valence-electron chi connectivity index (χ1n) is 14.6. The van der Waals surface area contributed by atoms with Crippen molar-refractivity contribution in [2.45, 2.75) is 103 Å². The third kappa shape index (κ3) is 4.84. The number of esters is 6. The molecule has 0 radical (unpaired) electrons. The first-order valence-corrected chi connectivity index (χ1v) is 14.6. The van der Waals surface area contributed by atoms with Gasteiger partial charge in [-0.1, -0.05) is 20.4 Å². The first kappa shape index (κ1) is 32.6. The van der Waals surface area contributed by atoms with Gasteiger partial charge >= 0.3 is 35.8 Å². The third-order valence-corrected chi connectivity index (χ3v) is 10.3. The predicted octanol–water partition coefficient (Wildman–Crippen LogP) is 1.21. The Bertz CT molecular complexity index is 1410. The van der Waals surface area contributed by atoms with E-state index in [4.69, 9.17) is 33.2 Å². The molecule has 14 heteroatoms. The van der Waals surface area contributed by atoms with Gasteiger partial charge in [-0.3, -0.25) is 19.2 Å². The lowest BCUT2D eigenvalue weighted by atomic mass is 9.47.